The Balaban J connectivity index is 1.81. The minimum atomic E-state index is -0.227. The second-order valence-electron chi connectivity index (χ2n) is 4.94. The maximum Gasteiger partial charge on any atom is 0.241 e. The van der Waals surface area contributed by atoms with Crippen molar-refractivity contribution in [2.24, 2.45) is 0 Å². The summed E-state index contributed by atoms with van der Waals surface area (Å²) in [7, 11) is 3.27. The molecule has 0 aliphatic heterocycles. The maximum absolute atomic E-state index is 11.6. The summed E-state index contributed by atoms with van der Waals surface area (Å²) >= 11 is 0. The number of aryl methyl sites for hydroxylation is 1. The van der Waals surface area contributed by atoms with Gasteiger partial charge in [0, 0.05) is 32.5 Å². The molecular weight excluding hydrogens is 284 g/mol. The number of nitrogens with zero attached hydrogens (tertiary/aromatic N) is 3. The predicted molar refractivity (Wildman–Crippen MR) is 79.8 cm³/mol. The Labute approximate surface area is 128 Å². The van der Waals surface area contributed by atoms with Crippen LogP contribution in [0.25, 0.3) is 11.4 Å². The molecule has 2 rings (SSSR count). The lowest BCUT2D eigenvalue weighted by Gasteiger charge is -2.10. The van der Waals surface area contributed by atoms with E-state index >= 15 is 0 Å². The largest absolute Gasteiger partial charge is 0.347 e. The topological polar surface area (TPSA) is 88.3 Å². The van der Waals surface area contributed by atoms with Crippen LogP contribution in [0.15, 0.2) is 34.9 Å². The summed E-state index contributed by atoms with van der Waals surface area (Å²) in [5.74, 6) is 0.513. The maximum atomic E-state index is 11.6. The summed E-state index contributed by atoms with van der Waals surface area (Å²) in [6, 6.07) is 9.45. The highest BCUT2D eigenvalue weighted by molar-refractivity contribution is 5.84. The van der Waals surface area contributed by atoms with Gasteiger partial charge >= 0.3 is 0 Å². The van der Waals surface area contributed by atoms with Gasteiger partial charge in [0.2, 0.25) is 23.5 Å². The molecular formula is C15H18N4O3. The normalized spacial score (nSPS) is 10.3. The van der Waals surface area contributed by atoms with E-state index in [9.17, 15) is 9.59 Å². The molecule has 7 nitrogen and oxygen atoms in total. The molecule has 2 amide bonds. The van der Waals surface area contributed by atoms with Gasteiger partial charge in [0.25, 0.3) is 0 Å². The standard InChI is InChI=1S/C15H18N4O3/c1-19(2)14(21)10-16-12(20)8-9-13-17-15(18-22-13)11-6-4-3-5-7-11/h3-7H,8-10H2,1-2H3,(H,16,20). The number of carbonyl (C=O) groups is 2. The molecule has 22 heavy (non-hydrogen) atoms. The Kier molecular flexibility index (Phi) is 5.24. The van der Waals surface area contributed by atoms with Crippen molar-refractivity contribution < 1.29 is 14.1 Å². The molecule has 1 N–H and O–H groups in total. The van der Waals surface area contributed by atoms with E-state index in [2.05, 4.69) is 15.5 Å². The molecule has 0 saturated heterocycles. The summed E-state index contributed by atoms with van der Waals surface area (Å²) in [5.41, 5.74) is 0.860. The van der Waals surface area contributed by atoms with Gasteiger partial charge in [-0.3, -0.25) is 9.59 Å². The van der Waals surface area contributed by atoms with E-state index in [1.807, 2.05) is 30.3 Å². The average Bonchev–Trinajstić information content (AvgIpc) is 3.00. The monoisotopic (exact) mass is 302 g/mol. The van der Waals surface area contributed by atoms with Crippen LogP contribution in [0.3, 0.4) is 0 Å². The first-order valence-electron chi connectivity index (χ1n) is 6.91. The first-order chi connectivity index (χ1) is 10.6. The Hall–Kier alpha value is -2.70. The third kappa shape index (κ3) is 4.41. The van der Waals surface area contributed by atoms with Gasteiger partial charge in [0.05, 0.1) is 6.54 Å². The second kappa shape index (κ2) is 7.35. The number of carbonyl (C=O) groups excluding carboxylic acids is 2. The van der Waals surface area contributed by atoms with Crippen molar-refractivity contribution in [3.05, 3.63) is 36.2 Å². The van der Waals surface area contributed by atoms with Gasteiger partial charge in [-0.15, -0.1) is 0 Å². The Bertz CT molecular complexity index is 637. The molecule has 1 heterocycles. The molecule has 7 heteroatoms. The number of hydrogen-bond donors (Lipinski definition) is 1. The van der Waals surface area contributed by atoms with E-state index in [-0.39, 0.29) is 24.8 Å². The molecule has 0 atom stereocenters. The van der Waals surface area contributed by atoms with Crippen molar-refractivity contribution in [2.45, 2.75) is 12.8 Å². The van der Waals surface area contributed by atoms with Crippen molar-refractivity contribution >= 4 is 11.8 Å². The fourth-order valence-electron chi connectivity index (χ4n) is 1.70. The highest BCUT2D eigenvalue weighted by Crippen LogP contribution is 2.15. The molecule has 0 fully saturated rings. The number of aromatic nitrogens is 2. The first kappa shape index (κ1) is 15.7. The summed E-state index contributed by atoms with van der Waals surface area (Å²) in [5, 5.41) is 6.44. The Morgan fingerprint density at radius 2 is 1.95 bits per heavy atom. The van der Waals surface area contributed by atoms with E-state index in [0.717, 1.165) is 5.56 Å². The number of likely N-dealkylation sites (N-methyl/N-ethyl adjacent to an activating group) is 1. The number of rotatable bonds is 6. The van der Waals surface area contributed by atoms with Crippen LogP contribution in [0, 0.1) is 0 Å². The van der Waals surface area contributed by atoms with Crippen molar-refractivity contribution in [3.8, 4) is 11.4 Å². The molecule has 1 aromatic carbocycles. The fourth-order valence-corrected chi connectivity index (χ4v) is 1.70. The molecule has 0 aliphatic carbocycles. The van der Waals surface area contributed by atoms with Crippen molar-refractivity contribution in [2.75, 3.05) is 20.6 Å². The third-order valence-corrected chi connectivity index (χ3v) is 3.00. The van der Waals surface area contributed by atoms with Crippen LogP contribution in [-0.2, 0) is 16.0 Å². The number of hydrogen-bond acceptors (Lipinski definition) is 5. The molecule has 0 aliphatic rings. The van der Waals surface area contributed by atoms with Crippen LogP contribution in [-0.4, -0.2) is 47.5 Å². The third-order valence-electron chi connectivity index (χ3n) is 3.00. The van der Waals surface area contributed by atoms with Crippen molar-refractivity contribution in [1.29, 1.82) is 0 Å². The Morgan fingerprint density at radius 3 is 2.64 bits per heavy atom. The van der Waals surface area contributed by atoms with Gasteiger partial charge in [-0.1, -0.05) is 35.5 Å². The van der Waals surface area contributed by atoms with Gasteiger partial charge in [-0.25, -0.2) is 0 Å². The van der Waals surface area contributed by atoms with E-state index in [4.69, 9.17) is 4.52 Å². The molecule has 0 radical (unpaired) electrons. The fraction of sp³-hybridized carbons (Fsp3) is 0.333. The number of amides is 2. The van der Waals surface area contributed by atoms with Crippen LogP contribution in [0.2, 0.25) is 0 Å². The highest BCUT2D eigenvalue weighted by Gasteiger charge is 2.11. The molecule has 0 spiro atoms. The van der Waals surface area contributed by atoms with Gasteiger partial charge in [-0.05, 0) is 0 Å². The van der Waals surface area contributed by atoms with Gasteiger partial charge in [-0.2, -0.15) is 4.98 Å². The van der Waals surface area contributed by atoms with E-state index < -0.39 is 0 Å². The van der Waals surface area contributed by atoms with Crippen LogP contribution in [0.4, 0.5) is 0 Å². The van der Waals surface area contributed by atoms with Gasteiger partial charge in [0.1, 0.15) is 0 Å². The minimum absolute atomic E-state index is 0.00900. The molecule has 116 valence electrons. The molecule has 1 aromatic heterocycles. The highest BCUT2D eigenvalue weighted by atomic mass is 16.5. The van der Waals surface area contributed by atoms with Crippen LogP contribution < -0.4 is 5.32 Å². The lowest BCUT2D eigenvalue weighted by atomic mass is 10.2. The summed E-state index contributed by atoms with van der Waals surface area (Å²) < 4.78 is 5.12. The molecule has 0 saturated carbocycles. The number of benzene rings is 1. The quantitative estimate of drug-likeness (QED) is 0.855. The van der Waals surface area contributed by atoms with Crippen LogP contribution >= 0.6 is 0 Å². The van der Waals surface area contributed by atoms with Gasteiger partial charge in [0.15, 0.2) is 0 Å². The zero-order chi connectivity index (χ0) is 15.9. The molecule has 2 aromatic rings. The van der Waals surface area contributed by atoms with Crippen LogP contribution in [0.1, 0.15) is 12.3 Å². The number of nitrogens with one attached hydrogen (secondary N) is 1. The summed E-state index contributed by atoms with van der Waals surface area (Å²) in [6.45, 7) is -0.00900. The van der Waals surface area contributed by atoms with Gasteiger partial charge < -0.3 is 14.7 Å². The molecule has 0 unspecified atom stereocenters. The lowest BCUT2D eigenvalue weighted by Crippen LogP contribution is -2.36. The van der Waals surface area contributed by atoms with E-state index in [1.165, 1.54) is 4.90 Å². The average molecular weight is 302 g/mol. The van der Waals surface area contributed by atoms with Crippen molar-refractivity contribution in [3.63, 3.8) is 0 Å². The zero-order valence-corrected chi connectivity index (χ0v) is 12.6. The zero-order valence-electron chi connectivity index (χ0n) is 12.6. The SMILES string of the molecule is CN(C)C(=O)CNC(=O)CCc1nc(-c2ccccc2)no1. The van der Waals surface area contributed by atoms with Crippen molar-refractivity contribution in [1.82, 2.24) is 20.4 Å². The van der Waals surface area contributed by atoms with Crippen LogP contribution in [0.5, 0.6) is 0 Å². The second-order valence-corrected chi connectivity index (χ2v) is 4.94. The summed E-state index contributed by atoms with van der Waals surface area (Å²) in [6.07, 6.45) is 0.527. The minimum Gasteiger partial charge on any atom is -0.347 e. The first-order valence-corrected chi connectivity index (χ1v) is 6.91. The Morgan fingerprint density at radius 1 is 1.23 bits per heavy atom. The molecule has 0 bridgehead atoms. The lowest BCUT2D eigenvalue weighted by molar-refractivity contribution is -0.130. The smallest absolute Gasteiger partial charge is 0.241 e. The summed E-state index contributed by atoms with van der Waals surface area (Å²) in [4.78, 5) is 28.7. The predicted octanol–water partition coefficient (Wildman–Crippen LogP) is 0.874. The van der Waals surface area contributed by atoms with E-state index in [0.29, 0.717) is 18.1 Å². The van der Waals surface area contributed by atoms with E-state index in [1.54, 1.807) is 14.1 Å².